The van der Waals surface area contributed by atoms with Gasteiger partial charge >= 0.3 is 6.09 Å². The molecule has 162 valence electrons. The van der Waals surface area contributed by atoms with Crippen LogP contribution in [0.2, 0.25) is 0 Å². The van der Waals surface area contributed by atoms with Gasteiger partial charge in [0.1, 0.15) is 11.5 Å². The van der Waals surface area contributed by atoms with Crippen LogP contribution in [0.1, 0.15) is 38.5 Å². The minimum absolute atomic E-state index is 0.202. The summed E-state index contributed by atoms with van der Waals surface area (Å²) in [4.78, 5) is 16.4. The number of carbonyl (C=O) groups excluding carboxylic acids is 1. The lowest BCUT2D eigenvalue weighted by atomic mass is 9.92. The summed E-state index contributed by atoms with van der Waals surface area (Å²) < 4.78 is 16.6. The van der Waals surface area contributed by atoms with Crippen LogP contribution >= 0.6 is 0 Å². The zero-order valence-corrected chi connectivity index (χ0v) is 18.1. The molecule has 1 fully saturated rings. The molecule has 0 unspecified atom stereocenters. The van der Waals surface area contributed by atoms with Crippen molar-refractivity contribution in [2.45, 2.75) is 50.7 Å². The molecule has 1 amide bonds. The van der Waals surface area contributed by atoms with E-state index in [1.807, 2.05) is 13.1 Å². The Hall–Kier alpha value is -2.05. The molecule has 1 aliphatic rings. The third kappa shape index (κ3) is 8.07. The third-order valence-electron chi connectivity index (χ3n) is 5.47. The second-order valence-corrected chi connectivity index (χ2v) is 7.71. The molecule has 0 atom stereocenters. The molecule has 1 aromatic carbocycles. The molecule has 1 saturated carbocycles. The maximum absolute atomic E-state index is 12.4. The van der Waals surface area contributed by atoms with E-state index in [9.17, 15) is 4.79 Å². The molecule has 0 spiro atoms. The summed E-state index contributed by atoms with van der Waals surface area (Å²) in [6.45, 7) is 6.57. The third-order valence-corrected chi connectivity index (χ3v) is 5.47. The van der Waals surface area contributed by atoms with Gasteiger partial charge in [-0.3, -0.25) is 0 Å². The average molecular weight is 405 g/mol. The number of benzene rings is 1. The topological polar surface area (TPSA) is 51.2 Å². The predicted molar refractivity (Wildman–Crippen MR) is 116 cm³/mol. The van der Waals surface area contributed by atoms with Crippen molar-refractivity contribution < 1.29 is 19.0 Å². The summed E-state index contributed by atoms with van der Waals surface area (Å²) in [6, 6.07) is 7.24. The van der Waals surface area contributed by atoms with Gasteiger partial charge in [0.25, 0.3) is 0 Å². The summed E-state index contributed by atoms with van der Waals surface area (Å²) in [5.41, 5.74) is 0. The lowest BCUT2D eigenvalue weighted by molar-refractivity contribution is 0.0101. The lowest BCUT2D eigenvalue weighted by Crippen LogP contribution is -2.42. The van der Waals surface area contributed by atoms with Crippen molar-refractivity contribution in [3.8, 4) is 11.5 Å². The van der Waals surface area contributed by atoms with Crippen molar-refractivity contribution >= 4 is 6.09 Å². The maximum atomic E-state index is 12.4. The van der Waals surface area contributed by atoms with Crippen LogP contribution in [-0.4, -0.2) is 68.9 Å². The SMILES string of the molecule is C=CCN(C)CCCCO[C@H]1CC[C@H](N(C)C(=O)Oc2ccc(OC)cc2)CC1. The Labute approximate surface area is 175 Å². The number of ether oxygens (including phenoxy) is 3. The standard InChI is InChI=1S/C23H36N2O4/c1-5-16-24(2)17-6-7-18-28-21-10-8-19(9-11-21)25(3)23(26)29-22-14-12-20(27-4)13-15-22/h5,12-15,19,21H,1,6-11,16-18H2,2-4H3/t19-,21-. The highest BCUT2D eigenvalue weighted by atomic mass is 16.6. The zero-order valence-electron chi connectivity index (χ0n) is 18.1. The number of hydrogen-bond donors (Lipinski definition) is 0. The van der Waals surface area contributed by atoms with Crippen LogP contribution < -0.4 is 9.47 Å². The van der Waals surface area contributed by atoms with Gasteiger partial charge in [0.15, 0.2) is 0 Å². The molecule has 2 rings (SSSR count). The molecule has 29 heavy (non-hydrogen) atoms. The van der Waals surface area contributed by atoms with Crippen molar-refractivity contribution in [1.82, 2.24) is 9.80 Å². The van der Waals surface area contributed by atoms with Gasteiger partial charge in [-0.25, -0.2) is 4.79 Å². The highest BCUT2D eigenvalue weighted by Crippen LogP contribution is 2.26. The monoisotopic (exact) mass is 404 g/mol. The molecule has 0 bridgehead atoms. The van der Waals surface area contributed by atoms with E-state index in [4.69, 9.17) is 14.2 Å². The Morgan fingerprint density at radius 1 is 1.10 bits per heavy atom. The first kappa shape index (κ1) is 23.2. The summed E-state index contributed by atoms with van der Waals surface area (Å²) in [7, 11) is 5.54. The first-order chi connectivity index (χ1) is 14.0. The number of amides is 1. The molecule has 0 N–H and O–H groups in total. The van der Waals surface area contributed by atoms with Crippen LogP contribution in [0.25, 0.3) is 0 Å². The molecular formula is C23H36N2O4. The van der Waals surface area contributed by atoms with E-state index < -0.39 is 0 Å². The fraction of sp³-hybridized carbons (Fsp3) is 0.609. The molecule has 1 aromatic rings. The van der Waals surface area contributed by atoms with Gasteiger partial charge in [-0.15, -0.1) is 6.58 Å². The molecule has 0 saturated heterocycles. The van der Waals surface area contributed by atoms with E-state index in [1.54, 1.807) is 36.3 Å². The Bertz CT molecular complexity index is 612. The second-order valence-electron chi connectivity index (χ2n) is 7.71. The number of unbranched alkanes of at least 4 members (excludes halogenated alkanes) is 1. The van der Waals surface area contributed by atoms with E-state index in [0.29, 0.717) is 11.9 Å². The minimum Gasteiger partial charge on any atom is -0.497 e. The molecule has 0 radical (unpaired) electrons. The number of hydrogen-bond acceptors (Lipinski definition) is 5. The summed E-state index contributed by atoms with van der Waals surface area (Å²) in [5, 5.41) is 0. The molecule has 0 aliphatic heterocycles. The predicted octanol–water partition coefficient (Wildman–Crippen LogP) is 4.35. The van der Waals surface area contributed by atoms with Gasteiger partial charge in [0.2, 0.25) is 0 Å². The number of nitrogens with zero attached hydrogens (tertiary/aromatic N) is 2. The Balaban J connectivity index is 1.63. The number of likely N-dealkylation sites (N-methyl/N-ethyl adjacent to an activating group) is 1. The molecule has 6 nitrogen and oxygen atoms in total. The van der Waals surface area contributed by atoms with Crippen molar-refractivity contribution in [3.63, 3.8) is 0 Å². The molecule has 6 heteroatoms. The highest BCUT2D eigenvalue weighted by Gasteiger charge is 2.27. The van der Waals surface area contributed by atoms with E-state index >= 15 is 0 Å². The average Bonchev–Trinajstić information content (AvgIpc) is 2.74. The first-order valence-corrected chi connectivity index (χ1v) is 10.5. The van der Waals surface area contributed by atoms with Crippen molar-refractivity contribution in [1.29, 1.82) is 0 Å². The van der Waals surface area contributed by atoms with Gasteiger partial charge in [-0.2, -0.15) is 0 Å². The number of methoxy groups -OCH3 is 1. The van der Waals surface area contributed by atoms with Gasteiger partial charge in [0, 0.05) is 26.2 Å². The smallest absolute Gasteiger partial charge is 0.415 e. The van der Waals surface area contributed by atoms with Gasteiger partial charge < -0.3 is 24.0 Å². The van der Waals surface area contributed by atoms with Crippen LogP contribution in [0.5, 0.6) is 11.5 Å². The van der Waals surface area contributed by atoms with Crippen molar-refractivity contribution in [2.75, 3.05) is 40.9 Å². The molecule has 0 aromatic heterocycles. The van der Waals surface area contributed by atoms with Gasteiger partial charge in [0.05, 0.1) is 13.2 Å². The fourth-order valence-electron chi connectivity index (χ4n) is 3.61. The minimum atomic E-state index is -0.317. The summed E-state index contributed by atoms with van der Waals surface area (Å²) >= 11 is 0. The Morgan fingerprint density at radius 3 is 2.38 bits per heavy atom. The van der Waals surface area contributed by atoms with E-state index in [2.05, 4.69) is 18.5 Å². The van der Waals surface area contributed by atoms with Crippen LogP contribution in [0, 0.1) is 0 Å². The quantitative estimate of drug-likeness (QED) is 0.405. The van der Waals surface area contributed by atoms with Gasteiger partial charge in [-0.1, -0.05) is 6.08 Å². The fourth-order valence-corrected chi connectivity index (χ4v) is 3.61. The first-order valence-electron chi connectivity index (χ1n) is 10.5. The normalized spacial score (nSPS) is 19.0. The van der Waals surface area contributed by atoms with Crippen LogP contribution in [-0.2, 0) is 4.74 Å². The van der Waals surface area contributed by atoms with Gasteiger partial charge in [-0.05, 0) is 76.4 Å². The zero-order chi connectivity index (χ0) is 21.1. The molecule has 1 aliphatic carbocycles. The van der Waals surface area contributed by atoms with E-state index in [0.717, 1.165) is 64.0 Å². The second kappa shape index (κ2) is 12.5. The summed E-state index contributed by atoms with van der Waals surface area (Å²) in [5.74, 6) is 1.26. The summed E-state index contributed by atoms with van der Waals surface area (Å²) in [6.07, 6.45) is 8.00. The Kier molecular flexibility index (Phi) is 10.0. The van der Waals surface area contributed by atoms with Crippen LogP contribution in [0.4, 0.5) is 4.79 Å². The van der Waals surface area contributed by atoms with Crippen LogP contribution in [0.3, 0.4) is 0 Å². The van der Waals surface area contributed by atoms with E-state index in [-0.39, 0.29) is 12.1 Å². The van der Waals surface area contributed by atoms with Crippen molar-refractivity contribution in [3.05, 3.63) is 36.9 Å². The number of rotatable bonds is 11. The highest BCUT2D eigenvalue weighted by molar-refractivity contribution is 5.70. The Morgan fingerprint density at radius 2 is 1.76 bits per heavy atom. The molecular weight excluding hydrogens is 368 g/mol. The number of carbonyl (C=O) groups is 1. The maximum Gasteiger partial charge on any atom is 0.415 e. The van der Waals surface area contributed by atoms with Crippen molar-refractivity contribution in [2.24, 2.45) is 0 Å². The lowest BCUT2D eigenvalue weighted by Gasteiger charge is -2.34. The van der Waals surface area contributed by atoms with Crippen LogP contribution in [0.15, 0.2) is 36.9 Å². The molecule has 0 heterocycles. The largest absolute Gasteiger partial charge is 0.497 e. The van der Waals surface area contributed by atoms with E-state index in [1.165, 1.54) is 0 Å².